The van der Waals surface area contributed by atoms with E-state index in [1.165, 1.54) is 0 Å². The van der Waals surface area contributed by atoms with E-state index in [4.69, 9.17) is 10.2 Å². The number of fused-ring (bicyclic) bond motifs is 3. The van der Waals surface area contributed by atoms with E-state index in [1.54, 1.807) is 12.1 Å². The number of carbonyl (C=O) groups is 2. The lowest BCUT2D eigenvalue weighted by atomic mass is 9.98. The molecule has 0 heterocycles. The third-order valence-electron chi connectivity index (χ3n) is 4.60. The Labute approximate surface area is 163 Å². The van der Waals surface area contributed by atoms with E-state index in [0.29, 0.717) is 37.1 Å². The molecule has 0 fully saturated rings. The second kappa shape index (κ2) is 9.30. The van der Waals surface area contributed by atoms with Crippen LogP contribution in [0.15, 0.2) is 48.5 Å². The maximum Gasteiger partial charge on any atom is 0.251 e. The summed E-state index contributed by atoms with van der Waals surface area (Å²) in [5.41, 5.74) is 1.15. The fourth-order valence-corrected chi connectivity index (χ4v) is 3.12. The number of amides is 2. The van der Waals surface area contributed by atoms with Gasteiger partial charge in [0.25, 0.3) is 11.8 Å². The predicted octanol–water partition coefficient (Wildman–Crippen LogP) is 2.22. The van der Waals surface area contributed by atoms with Crippen molar-refractivity contribution < 1.29 is 19.8 Å². The molecular formula is C22H24N2O4. The van der Waals surface area contributed by atoms with Crippen molar-refractivity contribution in [2.24, 2.45) is 0 Å². The molecule has 0 bridgehead atoms. The van der Waals surface area contributed by atoms with Gasteiger partial charge in [0.15, 0.2) is 0 Å². The van der Waals surface area contributed by atoms with Crippen molar-refractivity contribution in [1.82, 2.24) is 10.6 Å². The van der Waals surface area contributed by atoms with Crippen LogP contribution in [0.25, 0.3) is 21.5 Å². The molecular weight excluding hydrogens is 356 g/mol. The van der Waals surface area contributed by atoms with Crippen LogP contribution in [-0.2, 0) is 0 Å². The minimum atomic E-state index is -0.162. The maximum absolute atomic E-state index is 12.2. The molecule has 0 spiro atoms. The molecule has 2 amide bonds. The van der Waals surface area contributed by atoms with Gasteiger partial charge in [-0.3, -0.25) is 9.59 Å². The summed E-state index contributed by atoms with van der Waals surface area (Å²) in [5, 5.41) is 27.1. The molecule has 0 atom stereocenters. The minimum Gasteiger partial charge on any atom is -0.396 e. The first-order chi connectivity index (χ1) is 13.6. The van der Waals surface area contributed by atoms with Crippen LogP contribution in [0.1, 0.15) is 33.6 Å². The Morgan fingerprint density at radius 2 is 1.11 bits per heavy atom. The van der Waals surface area contributed by atoms with E-state index < -0.39 is 0 Å². The zero-order valence-electron chi connectivity index (χ0n) is 15.6. The van der Waals surface area contributed by atoms with Crippen LogP contribution in [0.2, 0.25) is 0 Å². The number of benzene rings is 3. The zero-order chi connectivity index (χ0) is 19.9. The van der Waals surface area contributed by atoms with Crippen molar-refractivity contribution in [3.63, 3.8) is 0 Å². The van der Waals surface area contributed by atoms with Crippen molar-refractivity contribution in [2.75, 3.05) is 26.3 Å². The lowest BCUT2D eigenvalue weighted by Crippen LogP contribution is -2.25. The summed E-state index contributed by atoms with van der Waals surface area (Å²) in [5.74, 6) is -0.323. The monoisotopic (exact) mass is 380 g/mol. The number of hydrogen-bond acceptors (Lipinski definition) is 4. The second-order valence-corrected chi connectivity index (χ2v) is 6.60. The van der Waals surface area contributed by atoms with Crippen LogP contribution in [0.4, 0.5) is 0 Å². The molecule has 3 aromatic rings. The molecule has 6 heteroatoms. The summed E-state index contributed by atoms with van der Waals surface area (Å²) < 4.78 is 0. The largest absolute Gasteiger partial charge is 0.396 e. The molecule has 0 saturated carbocycles. The van der Waals surface area contributed by atoms with Crippen molar-refractivity contribution in [3.05, 3.63) is 59.7 Å². The Morgan fingerprint density at radius 1 is 0.679 bits per heavy atom. The first-order valence-electron chi connectivity index (χ1n) is 9.38. The van der Waals surface area contributed by atoms with Crippen LogP contribution in [-0.4, -0.2) is 48.3 Å². The van der Waals surface area contributed by atoms with Crippen LogP contribution in [0, 0.1) is 0 Å². The van der Waals surface area contributed by atoms with Gasteiger partial charge in [-0.15, -0.1) is 0 Å². The molecule has 6 nitrogen and oxygen atoms in total. The SMILES string of the molecule is O=C(NCCCO)c1ccc2c(ccc3cc(C(=O)NCCCO)ccc32)c1. The fraction of sp³-hybridized carbons (Fsp3) is 0.273. The summed E-state index contributed by atoms with van der Waals surface area (Å²) in [6, 6.07) is 15.0. The quantitative estimate of drug-likeness (QED) is 0.356. The van der Waals surface area contributed by atoms with Crippen molar-refractivity contribution in [2.45, 2.75) is 12.8 Å². The standard InChI is InChI=1S/C22H24N2O4/c25-11-1-9-23-21(27)17-5-7-19-15(13-17)3-4-16-14-18(6-8-20(16)19)22(28)24-10-2-12-26/h3-8,13-14,25-26H,1-2,9-12H2,(H,23,27)(H,24,28). The molecule has 4 N–H and O–H groups in total. The van der Waals surface area contributed by atoms with Crippen molar-refractivity contribution in [1.29, 1.82) is 0 Å². The summed E-state index contributed by atoms with van der Waals surface area (Å²) >= 11 is 0. The lowest BCUT2D eigenvalue weighted by Gasteiger charge is -2.09. The Morgan fingerprint density at radius 3 is 1.50 bits per heavy atom. The highest BCUT2D eigenvalue weighted by Gasteiger charge is 2.10. The minimum absolute atomic E-state index is 0.0471. The summed E-state index contributed by atoms with van der Waals surface area (Å²) in [6.45, 7) is 0.972. The molecule has 0 aliphatic heterocycles. The normalized spacial score (nSPS) is 10.9. The van der Waals surface area contributed by atoms with Crippen molar-refractivity contribution in [3.8, 4) is 0 Å². The Balaban J connectivity index is 1.85. The third-order valence-corrected chi connectivity index (χ3v) is 4.60. The number of aliphatic hydroxyl groups is 2. The number of hydrogen-bond donors (Lipinski definition) is 4. The molecule has 3 rings (SSSR count). The van der Waals surface area contributed by atoms with Gasteiger partial charge in [-0.1, -0.05) is 24.3 Å². The van der Waals surface area contributed by atoms with E-state index in [1.807, 2.05) is 36.4 Å². The van der Waals surface area contributed by atoms with Gasteiger partial charge >= 0.3 is 0 Å². The molecule has 0 radical (unpaired) electrons. The second-order valence-electron chi connectivity index (χ2n) is 6.60. The highest BCUT2D eigenvalue weighted by molar-refractivity contribution is 6.11. The fourth-order valence-electron chi connectivity index (χ4n) is 3.12. The van der Waals surface area contributed by atoms with Crippen LogP contribution in [0.5, 0.6) is 0 Å². The lowest BCUT2D eigenvalue weighted by molar-refractivity contribution is 0.0942. The summed E-state index contributed by atoms with van der Waals surface area (Å²) in [7, 11) is 0. The number of aliphatic hydroxyl groups excluding tert-OH is 2. The number of rotatable bonds is 8. The van der Waals surface area contributed by atoms with Gasteiger partial charge in [0.05, 0.1) is 0 Å². The van der Waals surface area contributed by atoms with Gasteiger partial charge in [-0.2, -0.15) is 0 Å². The average molecular weight is 380 g/mol. The van der Waals surface area contributed by atoms with E-state index in [0.717, 1.165) is 21.5 Å². The summed E-state index contributed by atoms with van der Waals surface area (Å²) in [4.78, 5) is 24.4. The topological polar surface area (TPSA) is 98.7 Å². The molecule has 0 aromatic heterocycles. The van der Waals surface area contributed by atoms with Crippen LogP contribution < -0.4 is 10.6 Å². The van der Waals surface area contributed by atoms with Gasteiger partial charge < -0.3 is 20.8 Å². The van der Waals surface area contributed by atoms with E-state index in [9.17, 15) is 9.59 Å². The molecule has 28 heavy (non-hydrogen) atoms. The van der Waals surface area contributed by atoms with Crippen LogP contribution in [0.3, 0.4) is 0 Å². The molecule has 146 valence electrons. The summed E-state index contributed by atoms with van der Waals surface area (Å²) in [6.07, 6.45) is 1.06. The Kier molecular flexibility index (Phi) is 6.57. The smallest absolute Gasteiger partial charge is 0.251 e. The Bertz CT molecular complexity index is 920. The third kappa shape index (κ3) is 4.47. The first kappa shape index (κ1) is 19.8. The van der Waals surface area contributed by atoms with Gasteiger partial charge in [0, 0.05) is 37.4 Å². The molecule has 0 aliphatic rings. The van der Waals surface area contributed by atoms with E-state index >= 15 is 0 Å². The van der Waals surface area contributed by atoms with E-state index in [2.05, 4.69) is 10.6 Å². The van der Waals surface area contributed by atoms with E-state index in [-0.39, 0.29) is 25.0 Å². The highest BCUT2D eigenvalue weighted by atomic mass is 16.3. The highest BCUT2D eigenvalue weighted by Crippen LogP contribution is 2.27. The first-order valence-corrected chi connectivity index (χ1v) is 9.38. The zero-order valence-corrected chi connectivity index (χ0v) is 15.6. The van der Waals surface area contributed by atoms with Gasteiger partial charge in [-0.05, 0) is 58.7 Å². The predicted molar refractivity (Wildman–Crippen MR) is 110 cm³/mol. The molecule has 0 aliphatic carbocycles. The molecule has 3 aromatic carbocycles. The molecule has 0 unspecified atom stereocenters. The number of carbonyl (C=O) groups excluding carboxylic acids is 2. The van der Waals surface area contributed by atoms with Gasteiger partial charge in [0.1, 0.15) is 0 Å². The van der Waals surface area contributed by atoms with Gasteiger partial charge in [0.2, 0.25) is 0 Å². The maximum atomic E-state index is 12.2. The van der Waals surface area contributed by atoms with Crippen LogP contribution >= 0.6 is 0 Å². The molecule has 0 saturated heterocycles. The van der Waals surface area contributed by atoms with Gasteiger partial charge in [-0.25, -0.2) is 0 Å². The average Bonchev–Trinajstić information content (AvgIpc) is 2.73. The number of nitrogens with one attached hydrogen (secondary N) is 2. The Hall–Kier alpha value is -2.96. The van der Waals surface area contributed by atoms with Crippen molar-refractivity contribution >= 4 is 33.4 Å².